The van der Waals surface area contributed by atoms with Crippen molar-refractivity contribution in [2.45, 2.75) is 94.3 Å². The van der Waals surface area contributed by atoms with Gasteiger partial charge in [0.1, 0.15) is 11.9 Å². The van der Waals surface area contributed by atoms with Gasteiger partial charge in [0.05, 0.1) is 18.4 Å². The van der Waals surface area contributed by atoms with Crippen molar-refractivity contribution in [1.29, 1.82) is 0 Å². The van der Waals surface area contributed by atoms with Crippen molar-refractivity contribution in [3.05, 3.63) is 94.7 Å². The van der Waals surface area contributed by atoms with Crippen LogP contribution in [0.25, 0.3) is 28.5 Å². The van der Waals surface area contributed by atoms with Gasteiger partial charge in [0.2, 0.25) is 0 Å². The van der Waals surface area contributed by atoms with E-state index in [1.807, 2.05) is 30.5 Å². The van der Waals surface area contributed by atoms with E-state index >= 15 is 0 Å². The number of carbonyl (C=O) groups is 1. The summed E-state index contributed by atoms with van der Waals surface area (Å²) in [6.07, 6.45) is 8.70. The number of ketones is 1. The average Bonchev–Trinajstić information content (AvgIpc) is 3.79. The van der Waals surface area contributed by atoms with Gasteiger partial charge in [-0.1, -0.05) is 96.7 Å². The smallest absolute Gasteiger partial charge is 0.159 e. The number of allylic oxidation sites excluding steroid dienone is 1. The third-order valence-electron chi connectivity index (χ3n) is 7.28. The largest absolute Gasteiger partial charge is 0.490 e. The Morgan fingerprint density at radius 2 is 1.64 bits per heavy atom. The number of nitrogens with one attached hydrogen (secondary N) is 1. The number of Topliss-reactive ketones (excluding diaryl/α,β-unsaturated/α-hetero) is 1. The molecule has 0 bridgehead atoms. The maximum Gasteiger partial charge on any atom is 0.159 e. The highest BCUT2D eigenvalue weighted by molar-refractivity contribution is 5.94. The fourth-order valence-corrected chi connectivity index (χ4v) is 5.14. The van der Waals surface area contributed by atoms with Crippen LogP contribution in [0.5, 0.6) is 5.75 Å². The summed E-state index contributed by atoms with van der Waals surface area (Å²) < 4.78 is 12.2. The van der Waals surface area contributed by atoms with Crippen molar-refractivity contribution in [1.82, 2.24) is 5.32 Å². The van der Waals surface area contributed by atoms with Crippen molar-refractivity contribution in [3.63, 3.8) is 0 Å². The molecule has 2 atom stereocenters. The van der Waals surface area contributed by atoms with Crippen molar-refractivity contribution < 1.29 is 14.3 Å². The maximum absolute atomic E-state index is 11.6. The van der Waals surface area contributed by atoms with Crippen LogP contribution in [0.4, 0.5) is 0 Å². The molecule has 42 heavy (non-hydrogen) atoms. The van der Waals surface area contributed by atoms with Crippen LogP contribution < -0.4 is 10.1 Å². The first-order valence-corrected chi connectivity index (χ1v) is 14.7. The number of ether oxygens (including phenoxy) is 2. The highest BCUT2D eigenvalue weighted by Crippen LogP contribution is 2.37. The lowest BCUT2D eigenvalue weighted by atomic mass is 9.91. The van der Waals surface area contributed by atoms with E-state index in [0.29, 0.717) is 0 Å². The minimum absolute atomic E-state index is 0. The monoisotopic (exact) mass is 569 g/mol. The summed E-state index contributed by atoms with van der Waals surface area (Å²) in [7, 11) is 0. The number of rotatable bonds is 8. The molecule has 2 heterocycles. The molecule has 0 saturated carbocycles. The van der Waals surface area contributed by atoms with Crippen molar-refractivity contribution in [2.75, 3.05) is 6.61 Å². The maximum atomic E-state index is 11.6. The van der Waals surface area contributed by atoms with Gasteiger partial charge >= 0.3 is 0 Å². The van der Waals surface area contributed by atoms with Gasteiger partial charge in [0.15, 0.2) is 5.78 Å². The van der Waals surface area contributed by atoms with E-state index in [1.165, 1.54) is 34.2 Å². The van der Waals surface area contributed by atoms with Gasteiger partial charge in [0.25, 0.3) is 0 Å². The Morgan fingerprint density at radius 3 is 2.24 bits per heavy atom. The lowest BCUT2D eigenvalue weighted by Crippen LogP contribution is -2.31. The molecule has 226 valence electrons. The molecular weight excluding hydrogens is 518 g/mol. The second-order valence-electron chi connectivity index (χ2n) is 10.8. The third-order valence-corrected chi connectivity index (χ3v) is 7.28. The summed E-state index contributed by atoms with van der Waals surface area (Å²) in [5.74, 6) is 1.02. The van der Waals surface area contributed by atoms with Gasteiger partial charge in [-0.3, -0.25) is 4.79 Å². The Balaban J connectivity index is 0.00000118. The number of benzene rings is 3. The van der Waals surface area contributed by atoms with Gasteiger partial charge in [-0.05, 0) is 72.7 Å². The molecule has 1 N–H and O–H groups in total. The molecule has 0 spiro atoms. The normalized spacial score (nSPS) is 17.3. The lowest BCUT2D eigenvalue weighted by molar-refractivity contribution is -0.0252. The number of hydrogen-bond donors (Lipinski definition) is 1. The van der Waals surface area contributed by atoms with Gasteiger partial charge in [-0.2, -0.15) is 0 Å². The van der Waals surface area contributed by atoms with Crippen LogP contribution in [0.1, 0.15) is 108 Å². The van der Waals surface area contributed by atoms with E-state index < -0.39 is 0 Å². The topological polar surface area (TPSA) is 57.5 Å². The van der Waals surface area contributed by atoms with Gasteiger partial charge in [-0.25, -0.2) is 0 Å². The molecule has 0 radical (unpaired) electrons. The van der Waals surface area contributed by atoms with Crippen LogP contribution >= 0.6 is 0 Å². The zero-order valence-electron chi connectivity index (χ0n) is 24.8. The van der Waals surface area contributed by atoms with Crippen LogP contribution in [0.2, 0.25) is 0 Å². The molecule has 5 rings (SSSR count). The Bertz CT molecular complexity index is 1380. The Hall–Kier alpha value is -3.63. The van der Waals surface area contributed by atoms with Crippen LogP contribution in [-0.2, 0) is 11.2 Å². The molecule has 2 unspecified atom stereocenters. The summed E-state index contributed by atoms with van der Waals surface area (Å²) in [5.41, 5.74) is 10.2. The first-order valence-electron chi connectivity index (χ1n) is 14.7. The van der Waals surface area contributed by atoms with E-state index in [1.54, 1.807) is 6.92 Å². The Morgan fingerprint density at radius 1 is 0.976 bits per heavy atom. The molecule has 3 aromatic rings. The fraction of sp³-hybridized carbons (Fsp3) is 0.395. The predicted octanol–water partition coefficient (Wildman–Crippen LogP) is 10.2. The summed E-state index contributed by atoms with van der Waals surface area (Å²) in [5, 5.41) is 3.27. The SMILES string of the molecule is C.C.CCC.CCc1c(/C=C(\C)c2ccc(C(C)=O)cc2)cccc1-c1ccc(OC2CCOC(C)C2)c(C2=CN2)c1. The molecular formula is C38H51NO3. The molecule has 0 amide bonds. The van der Waals surface area contributed by atoms with E-state index in [4.69, 9.17) is 9.47 Å². The molecule has 1 fully saturated rings. The molecule has 0 aliphatic carbocycles. The van der Waals surface area contributed by atoms with Crippen LogP contribution in [0.15, 0.2) is 66.9 Å². The average molecular weight is 570 g/mol. The molecule has 1 saturated heterocycles. The third kappa shape index (κ3) is 8.69. The Kier molecular flexibility index (Phi) is 13.3. The molecule has 3 aromatic carbocycles. The van der Waals surface area contributed by atoms with E-state index in [-0.39, 0.29) is 32.8 Å². The predicted molar refractivity (Wildman–Crippen MR) is 181 cm³/mol. The highest BCUT2D eigenvalue weighted by Gasteiger charge is 2.24. The van der Waals surface area contributed by atoms with Crippen molar-refractivity contribution in [3.8, 4) is 16.9 Å². The first-order chi connectivity index (χ1) is 19.3. The highest BCUT2D eigenvalue weighted by atomic mass is 16.5. The standard InChI is InChI=1S/C33H35NO3.C3H8.2CH4/c1-5-29-26(17-21(2)24-9-11-25(12-10-24)23(4)35)7-6-8-30(29)27-13-14-33(31(19-27)32-20-34-32)37-28-15-16-36-22(3)18-28;1-3-2;;/h6-14,17,19-20,22,28,34H,5,15-16,18H2,1-4H3;3H2,1-2H3;2*1H4/b21-17+;;;. The lowest BCUT2D eigenvalue weighted by Gasteiger charge is -2.28. The van der Waals surface area contributed by atoms with Crippen LogP contribution in [0.3, 0.4) is 0 Å². The summed E-state index contributed by atoms with van der Waals surface area (Å²) in [4.78, 5) is 11.6. The summed E-state index contributed by atoms with van der Waals surface area (Å²) in [6, 6.07) is 20.9. The van der Waals surface area contributed by atoms with Crippen LogP contribution in [-0.4, -0.2) is 24.6 Å². The number of carbonyl (C=O) groups excluding carboxylic acids is 1. The zero-order chi connectivity index (χ0) is 28.6. The van der Waals surface area contributed by atoms with Crippen molar-refractivity contribution >= 4 is 23.1 Å². The number of hydrogen-bond acceptors (Lipinski definition) is 4. The van der Waals surface area contributed by atoms with E-state index in [2.05, 4.69) is 82.4 Å². The quantitative estimate of drug-likeness (QED) is 0.217. The molecule has 4 nitrogen and oxygen atoms in total. The van der Waals surface area contributed by atoms with Gasteiger partial charge in [-0.15, -0.1) is 0 Å². The van der Waals surface area contributed by atoms with Gasteiger partial charge in [0, 0.05) is 30.2 Å². The zero-order valence-corrected chi connectivity index (χ0v) is 24.8. The van der Waals surface area contributed by atoms with Gasteiger partial charge < -0.3 is 14.8 Å². The summed E-state index contributed by atoms with van der Waals surface area (Å²) >= 11 is 0. The van der Waals surface area contributed by atoms with E-state index in [0.717, 1.165) is 54.0 Å². The second-order valence-corrected chi connectivity index (χ2v) is 10.8. The van der Waals surface area contributed by atoms with Crippen LogP contribution in [0, 0.1) is 0 Å². The van der Waals surface area contributed by atoms with Crippen molar-refractivity contribution in [2.24, 2.45) is 0 Å². The molecule has 0 aromatic heterocycles. The Labute approximate surface area is 254 Å². The molecule has 4 heteroatoms. The summed E-state index contributed by atoms with van der Waals surface area (Å²) in [6.45, 7) is 13.0. The minimum atomic E-state index is 0. The fourth-order valence-electron chi connectivity index (χ4n) is 5.14. The van der Waals surface area contributed by atoms with E-state index in [9.17, 15) is 4.79 Å². The molecule has 2 aliphatic heterocycles. The minimum Gasteiger partial charge on any atom is -0.490 e. The second kappa shape index (κ2) is 16.1. The first kappa shape index (κ1) is 34.6. The molecule has 2 aliphatic rings.